The summed E-state index contributed by atoms with van der Waals surface area (Å²) < 4.78 is 1.65. The number of benzene rings is 2. The van der Waals surface area contributed by atoms with E-state index in [9.17, 15) is 10.1 Å². The number of aromatic nitrogens is 6. The Labute approximate surface area is 181 Å². The molecule has 3 heterocycles. The van der Waals surface area contributed by atoms with E-state index in [1.807, 2.05) is 42.5 Å². The number of aryl methyl sites for hydroxylation is 1. The second kappa shape index (κ2) is 7.84. The Morgan fingerprint density at radius 2 is 1.59 bits per heavy atom. The topological polar surface area (TPSA) is 117 Å². The van der Waals surface area contributed by atoms with E-state index in [0.29, 0.717) is 33.7 Å². The van der Waals surface area contributed by atoms with Crippen LogP contribution in [0.25, 0.3) is 28.0 Å². The van der Waals surface area contributed by atoms with Crippen molar-refractivity contribution in [2.75, 3.05) is 0 Å². The van der Waals surface area contributed by atoms with Crippen LogP contribution in [0.5, 0.6) is 0 Å². The smallest absolute Gasteiger partial charge is 0.258 e. The van der Waals surface area contributed by atoms with E-state index in [1.54, 1.807) is 36.1 Å². The number of nitrogens with zero attached hydrogens (tertiary/aromatic N) is 8. The molecule has 5 rings (SSSR count). The van der Waals surface area contributed by atoms with Crippen molar-refractivity contribution in [3.63, 3.8) is 0 Å². The fourth-order valence-corrected chi connectivity index (χ4v) is 3.28. The minimum Gasteiger partial charge on any atom is -0.258 e. The molecule has 0 fully saturated rings. The van der Waals surface area contributed by atoms with Crippen LogP contribution in [0.3, 0.4) is 0 Å². The number of rotatable bonds is 4. The van der Waals surface area contributed by atoms with Crippen LogP contribution in [0.1, 0.15) is 0 Å². The first-order valence-electron chi connectivity index (χ1n) is 9.70. The third-order valence-corrected chi connectivity index (χ3v) is 4.81. The molecule has 0 atom stereocenters. The summed E-state index contributed by atoms with van der Waals surface area (Å²) in [7, 11) is 1.79. The Kier molecular flexibility index (Phi) is 4.71. The fourth-order valence-electron chi connectivity index (χ4n) is 3.28. The number of nitro benzene ring substituents is 1. The molecule has 0 saturated carbocycles. The van der Waals surface area contributed by atoms with Crippen molar-refractivity contribution >= 4 is 22.5 Å². The largest absolute Gasteiger partial charge is 0.269 e. The number of hydrogen-bond donors (Lipinski definition) is 0. The Morgan fingerprint density at radius 3 is 2.28 bits per heavy atom. The first-order chi connectivity index (χ1) is 15.6. The summed E-state index contributed by atoms with van der Waals surface area (Å²) in [5, 5.41) is 25.0. The van der Waals surface area contributed by atoms with Crippen LogP contribution in [-0.2, 0) is 7.05 Å². The second-order valence-electron chi connectivity index (χ2n) is 6.92. The minimum atomic E-state index is -0.446. The SMILES string of the molecule is Cn1nc(-c2ccccc2)c2nn(-c3ccc([N+](=O)[O-])cc3)nc2/c1=N/c1ccccn1. The molecule has 0 amide bonds. The van der Waals surface area contributed by atoms with E-state index in [-0.39, 0.29) is 5.69 Å². The Hall–Kier alpha value is -4.73. The molecular formula is C22H16N8O2. The van der Waals surface area contributed by atoms with Crippen molar-refractivity contribution in [1.29, 1.82) is 0 Å². The zero-order valence-corrected chi connectivity index (χ0v) is 16.9. The van der Waals surface area contributed by atoms with Crippen molar-refractivity contribution in [2.24, 2.45) is 12.0 Å². The van der Waals surface area contributed by atoms with Gasteiger partial charge in [0.15, 0.2) is 16.8 Å². The summed E-state index contributed by atoms with van der Waals surface area (Å²) in [4.78, 5) is 20.9. The quantitative estimate of drug-likeness (QED) is 0.323. The van der Waals surface area contributed by atoms with Crippen molar-refractivity contribution < 1.29 is 4.92 Å². The Balaban J connectivity index is 1.78. The van der Waals surface area contributed by atoms with Gasteiger partial charge in [-0.3, -0.25) is 10.1 Å². The molecule has 0 aliphatic rings. The molecule has 0 N–H and O–H groups in total. The van der Waals surface area contributed by atoms with Crippen LogP contribution < -0.4 is 5.49 Å². The van der Waals surface area contributed by atoms with Gasteiger partial charge in [-0.15, -0.1) is 10.2 Å². The van der Waals surface area contributed by atoms with Gasteiger partial charge in [0.25, 0.3) is 5.69 Å². The van der Waals surface area contributed by atoms with Gasteiger partial charge in [0.1, 0.15) is 11.2 Å². The summed E-state index contributed by atoms with van der Waals surface area (Å²) in [6, 6.07) is 21.2. The van der Waals surface area contributed by atoms with Crippen LogP contribution in [-0.4, -0.2) is 34.7 Å². The van der Waals surface area contributed by atoms with E-state index in [1.165, 1.54) is 16.9 Å². The molecule has 3 aromatic heterocycles. The predicted molar refractivity (Wildman–Crippen MR) is 117 cm³/mol. The van der Waals surface area contributed by atoms with Gasteiger partial charge in [-0.2, -0.15) is 9.90 Å². The summed E-state index contributed by atoms with van der Waals surface area (Å²) in [6.45, 7) is 0. The molecule has 0 bridgehead atoms. The molecule has 32 heavy (non-hydrogen) atoms. The van der Waals surface area contributed by atoms with Gasteiger partial charge in [0.05, 0.1) is 10.6 Å². The highest BCUT2D eigenvalue weighted by atomic mass is 16.6. The first-order valence-corrected chi connectivity index (χ1v) is 9.70. The van der Waals surface area contributed by atoms with E-state index >= 15 is 0 Å². The minimum absolute atomic E-state index is 0.00524. The molecule has 0 saturated heterocycles. The van der Waals surface area contributed by atoms with E-state index in [0.717, 1.165) is 5.56 Å². The molecule has 0 radical (unpaired) electrons. The first kappa shape index (κ1) is 19.2. The summed E-state index contributed by atoms with van der Waals surface area (Å²) in [5.41, 5.74) is 3.69. The lowest BCUT2D eigenvalue weighted by Gasteiger charge is -2.05. The number of fused-ring (bicyclic) bond motifs is 1. The molecule has 5 aromatic rings. The monoisotopic (exact) mass is 424 g/mol. The van der Waals surface area contributed by atoms with Crippen LogP contribution >= 0.6 is 0 Å². The van der Waals surface area contributed by atoms with Crippen molar-refractivity contribution in [3.8, 4) is 16.9 Å². The molecule has 2 aromatic carbocycles. The number of hydrogen-bond acceptors (Lipinski definition) is 7. The summed E-state index contributed by atoms with van der Waals surface area (Å²) in [6.07, 6.45) is 1.66. The van der Waals surface area contributed by atoms with Crippen molar-refractivity contribution in [1.82, 2.24) is 29.8 Å². The lowest BCUT2D eigenvalue weighted by Crippen LogP contribution is -2.22. The van der Waals surface area contributed by atoms with Gasteiger partial charge in [-0.25, -0.2) is 14.7 Å². The standard InChI is InChI=1S/C22H16N8O2/c1-28-22(24-18-9-5-6-14-23-18)21-20(19(25-28)15-7-3-2-4-8-15)26-29(27-21)16-10-12-17(13-11-16)30(31)32/h2-14H,1H3/b24-22-. The normalized spacial score (nSPS) is 11.7. The summed E-state index contributed by atoms with van der Waals surface area (Å²) >= 11 is 0. The molecule has 0 unspecified atom stereocenters. The van der Waals surface area contributed by atoms with Crippen LogP contribution in [0.15, 0.2) is 84.0 Å². The number of nitro groups is 1. The van der Waals surface area contributed by atoms with E-state index in [4.69, 9.17) is 5.10 Å². The van der Waals surface area contributed by atoms with Gasteiger partial charge >= 0.3 is 0 Å². The Bertz CT molecular complexity index is 1490. The van der Waals surface area contributed by atoms with E-state index in [2.05, 4.69) is 20.2 Å². The Morgan fingerprint density at radius 1 is 0.875 bits per heavy atom. The third kappa shape index (κ3) is 3.49. The van der Waals surface area contributed by atoms with Crippen molar-refractivity contribution in [3.05, 3.63) is 94.6 Å². The third-order valence-electron chi connectivity index (χ3n) is 4.81. The van der Waals surface area contributed by atoms with Crippen LogP contribution in [0.4, 0.5) is 11.5 Å². The van der Waals surface area contributed by atoms with Gasteiger partial charge in [-0.05, 0) is 24.3 Å². The average molecular weight is 424 g/mol. The molecule has 156 valence electrons. The molecule has 0 aliphatic carbocycles. The molecule has 0 spiro atoms. The second-order valence-corrected chi connectivity index (χ2v) is 6.92. The highest BCUT2D eigenvalue weighted by molar-refractivity contribution is 5.88. The van der Waals surface area contributed by atoms with Gasteiger partial charge in [-0.1, -0.05) is 36.4 Å². The zero-order chi connectivity index (χ0) is 22.1. The van der Waals surface area contributed by atoms with Crippen LogP contribution in [0.2, 0.25) is 0 Å². The zero-order valence-electron chi connectivity index (χ0n) is 16.9. The lowest BCUT2D eigenvalue weighted by atomic mass is 10.1. The van der Waals surface area contributed by atoms with E-state index < -0.39 is 4.92 Å². The fraction of sp³-hybridized carbons (Fsp3) is 0.0455. The molecule has 10 heteroatoms. The highest BCUT2D eigenvalue weighted by Crippen LogP contribution is 2.23. The number of pyridine rings is 1. The maximum atomic E-state index is 11.0. The predicted octanol–water partition coefficient (Wildman–Crippen LogP) is 3.36. The lowest BCUT2D eigenvalue weighted by molar-refractivity contribution is -0.384. The van der Waals surface area contributed by atoms with Gasteiger partial charge < -0.3 is 0 Å². The van der Waals surface area contributed by atoms with Crippen LogP contribution in [0, 0.1) is 10.1 Å². The molecular weight excluding hydrogens is 408 g/mol. The van der Waals surface area contributed by atoms with Crippen molar-refractivity contribution in [2.45, 2.75) is 0 Å². The molecule has 0 aliphatic heterocycles. The van der Waals surface area contributed by atoms with Gasteiger partial charge in [0, 0.05) is 30.9 Å². The maximum Gasteiger partial charge on any atom is 0.269 e. The summed E-state index contributed by atoms with van der Waals surface area (Å²) in [5.74, 6) is 0.517. The molecule has 10 nitrogen and oxygen atoms in total. The van der Waals surface area contributed by atoms with Gasteiger partial charge in [0.2, 0.25) is 0 Å². The number of non-ortho nitro benzene ring substituents is 1. The average Bonchev–Trinajstić information content (AvgIpc) is 3.27. The highest BCUT2D eigenvalue weighted by Gasteiger charge is 2.17. The maximum absolute atomic E-state index is 11.0.